The average Bonchev–Trinajstić information content (AvgIpc) is 2.36. The Kier molecular flexibility index (Phi) is 3.54. The minimum Gasteiger partial charge on any atom is -0.244 e. The Labute approximate surface area is 107 Å². The summed E-state index contributed by atoms with van der Waals surface area (Å²) >= 11 is 5.80. The maximum Gasteiger partial charge on any atom is 0.166 e. The number of rotatable bonds is 2. The average molecular weight is 265 g/mol. The number of aromatic nitrogens is 1. The maximum absolute atomic E-state index is 13.6. The quantitative estimate of drug-likeness (QED) is 0.775. The first-order valence-electron chi connectivity index (χ1n) is 5.09. The van der Waals surface area contributed by atoms with Crippen LogP contribution in [0.4, 0.5) is 8.78 Å². The topological polar surface area (TPSA) is 36.7 Å². The molecule has 0 aliphatic rings. The van der Waals surface area contributed by atoms with Crippen molar-refractivity contribution in [3.8, 4) is 17.2 Å². The lowest BCUT2D eigenvalue weighted by molar-refractivity contribution is 0.511. The van der Waals surface area contributed by atoms with Crippen molar-refractivity contribution in [1.29, 1.82) is 5.26 Å². The van der Waals surface area contributed by atoms with Crippen molar-refractivity contribution in [2.45, 2.75) is 6.42 Å². The number of nitriles is 1. The Bertz CT molecular complexity index is 635. The molecule has 5 heteroatoms. The van der Waals surface area contributed by atoms with E-state index in [2.05, 4.69) is 4.98 Å². The number of nitrogens with zero attached hydrogens (tertiary/aromatic N) is 2. The first kappa shape index (κ1) is 12.5. The number of benzene rings is 1. The van der Waals surface area contributed by atoms with E-state index in [1.165, 1.54) is 24.4 Å². The van der Waals surface area contributed by atoms with Crippen LogP contribution in [-0.4, -0.2) is 4.98 Å². The molecule has 0 radical (unpaired) electrons. The Morgan fingerprint density at radius 2 is 2.11 bits per heavy atom. The van der Waals surface area contributed by atoms with Crippen molar-refractivity contribution in [3.63, 3.8) is 0 Å². The van der Waals surface area contributed by atoms with Gasteiger partial charge in [0.1, 0.15) is 5.15 Å². The first-order chi connectivity index (χ1) is 8.63. The second kappa shape index (κ2) is 5.11. The van der Waals surface area contributed by atoms with E-state index in [9.17, 15) is 8.78 Å². The van der Waals surface area contributed by atoms with Crippen LogP contribution in [0.3, 0.4) is 0 Å². The third-order valence-electron chi connectivity index (χ3n) is 2.44. The molecular formula is C13H7ClF2N2. The van der Waals surface area contributed by atoms with Crippen molar-refractivity contribution in [2.24, 2.45) is 0 Å². The van der Waals surface area contributed by atoms with Crippen LogP contribution in [0.15, 0.2) is 30.5 Å². The highest BCUT2D eigenvalue weighted by Crippen LogP contribution is 2.26. The summed E-state index contributed by atoms with van der Waals surface area (Å²) in [5, 5.41) is 8.83. The fourth-order valence-electron chi connectivity index (χ4n) is 1.58. The maximum atomic E-state index is 13.6. The molecule has 0 aliphatic heterocycles. The van der Waals surface area contributed by atoms with E-state index in [1.807, 2.05) is 6.07 Å². The van der Waals surface area contributed by atoms with E-state index < -0.39 is 11.6 Å². The van der Waals surface area contributed by atoms with E-state index in [1.54, 1.807) is 0 Å². The van der Waals surface area contributed by atoms with Crippen LogP contribution >= 0.6 is 11.6 Å². The molecule has 2 rings (SSSR count). The molecule has 0 unspecified atom stereocenters. The second-order valence-corrected chi connectivity index (χ2v) is 3.97. The van der Waals surface area contributed by atoms with Gasteiger partial charge in [0.05, 0.1) is 12.5 Å². The molecule has 1 aromatic carbocycles. The van der Waals surface area contributed by atoms with Gasteiger partial charge in [0.2, 0.25) is 0 Å². The molecule has 0 N–H and O–H groups in total. The first-order valence-corrected chi connectivity index (χ1v) is 5.47. The number of hydrogen-bond acceptors (Lipinski definition) is 2. The highest BCUT2D eigenvalue weighted by molar-refractivity contribution is 6.30. The Morgan fingerprint density at radius 1 is 1.33 bits per heavy atom. The normalized spacial score (nSPS) is 10.1. The molecule has 2 nitrogen and oxygen atoms in total. The van der Waals surface area contributed by atoms with E-state index in [-0.39, 0.29) is 17.1 Å². The SMILES string of the molecule is N#CCc1cc(-c2cccc(F)c2F)cnc1Cl. The van der Waals surface area contributed by atoms with Gasteiger partial charge in [0.25, 0.3) is 0 Å². The van der Waals surface area contributed by atoms with Gasteiger partial charge < -0.3 is 0 Å². The Morgan fingerprint density at radius 3 is 2.83 bits per heavy atom. The van der Waals surface area contributed by atoms with Gasteiger partial charge in [0.15, 0.2) is 11.6 Å². The zero-order valence-corrected chi connectivity index (χ0v) is 9.88. The third kappa shape index (κ3) is 2.31. The molecule has 1 heterocycles. The minimum absolute atomic E-state index is 0.0661. The van der Waals surface area contributed by atoms with E-state index in [0.29, 0.717) is 11.1 Å². The highest BCUT2D eigenvalue weighted by Gasteiger charge is 2.11. The predicted molar refractivity (Wildman–Crippen MR) is 63.9 cm³/mol. The number of halogens is 3. The van der Waals surface area contributed by atoms with Crippen molar-refractivity contribution in [3.05, 3.63) is 52.8 Å². The summed E-state index contributed by atoms with van der Waals surface area (Å²) in [5.74, 6) is -1.87. The molecule has 0 saturated carbocycles. The molecule has 90 valence electrons. The molecular weight excluding hydrogens is 258 g/mol. The molecule has 0 atom stereocenters. The van der Waals surface area contributed by atoms with Crippen molar-refractivity contribution < 1.29 is 8.78 Å². The molecule has 0 amide bonds. The lowest BCUT2D eigenvalue weighted by atomic mass is 10.0. The monoisotopic (exact) mass is 264 g/mol. The summed E-state index contributed by atoms with van der Waals surface area (Å²) in [4.78, 5) is 3.87. The molecule has 18 heavy (non-hydrogen) atoms. The summed E-state index contributed by atoms with van der Waals surface area (Å²) in [5.41, 5.74) is 0.973. The Hall–Kier alpha value is -1.99. The predicted octanol–water partition coefficient (Wildman–Crippen LogP) is 3.75. The van der Waals surface area contributed by atoms with Crippen molar-refractivity contribution >= 4 is 11.6 Å². The van der Waals surface area contributed by atoms with Gasteiger partial charge in [-0.15, -0.1) is 0 Å². The van der Waals surface area contributed by atoms with Gasteiger partial charge >= 0.3 is 0 Å². The van der Waals surface area contributed by atoms with Gasteiger partial charge in [-0.05, 0) is 12.1 Å². The zero-order chi connectivity index (χ0) is 13.1. The molecule has 0 spiro atoms. The van der Waals surface area contributed by atoms with Crippen LogP contribution in [0.5, 0.6) is 0 Å². The van der Waals surface area contributed by atoms with Crippen LogP contribution < -0.4 is 0 Å². The Balaban J connectivity index is 2.55. The molecule has 1 aromatic heterocycles. The molecule has 0 bridgehead atoms. The van der Waals surface area contributed by atoms with Crippen LogP contribution in [0.1, 0.15) is 5.56 Å². The molecule has 0 fully saturated rings. The minimum atomic E-state index is -0.940. The summed E-state index contributed by atoms with van der Waals surface area (Å²) < 4.78 is 26.7. The van der Waals surface area contributed by atoms with Crippen molar-refractivity contribution in [1.82, 2.24) is 4.98 Å². The van der Waals surface area contributed by atoms with E-state index in [0.717, 1.165) is 6.07 Å². The molecule has 2 aromatic rings. The second-order valence-electron chi connectivity index (χ2n) is 3.61. The van der Waals surface area contributed by atoms with Gasteiger partial charge in [0, 0.05) is 22.9 Å². The van der Waals surface area contributed by atoms with Gasteiger partial charge in [-0.1, -0.05) is 23.7 Å². The van der Waals surface area contributed by atoms with Crippen LogP contribution in [0.25, 0.3) is 11.1 Å². The summed E-state index contributed by atoms with van der Waals surface area (Å²) in [6.07, 6.45) is 1.41. The highest BCUT2D eigenvalue weighted by atomic mass is 35.5. The van der Waals surface area contributed by atoms with E-state index in [4.69, 9.17) is 16.9 Å². The van der Waals surface area contributed by atoms with E-state index >= 15 is 0 Å². The van der Waals surface area contributed by atoms with Gasteiger partial charge in [-0.2, -0.15) is 5.26 Å². The van der Waals surface area contributed by atoms with Gasteiger partial charge in [-0.3, -0.25) is 0 Å². The molecule has 0 aliphatic carbocycles. The number of pyridine rings is 1. The fraction of sp³-hybridized carbons (Fsp3) is 0.0769. The number of hydrogen-bond donors (Lipinski definition) is 0. The summed E-state index contributed by atoms with van der Waals surface area (Å²) in [7, 11) is 0. The van der Waals surface area contributed by atoms with Crippen molar-refractivity contribution in [2.75, 3.05) is 0 Å². The lowest BCUT2D eigenvalue weighted by Crippen LogP contribution is -1.93. The van der Waals surface area contributed by atoms with Gasteiger partial charge in [-0.25, -0.2) is 13.8 Å². The summed E-state index contributed by atoms with van der Waals surface area (Å²) in [6.45, 7) is 0. The van der Waals surface area contributed by atoms with Crippen LogP contribution in [-0.2, 0) is 6.42 Å². The van der Waals surface area contributed by atoms with Crippen LogP contribution in [0.2, 0.25) is 5.15 Å². The lowest BCUT2D eigenvalue weighted by Gasteiger charge is -2.06. The third-order valence-corrected chi connectivity index (χ3v) is 2.78. The fourth-order valence-corrected chi connectivity index (χ4v) is 1.75. The summed E-state index contributed by atoms with van der Waals surface area (Å²) in [6, 6.07) is 7.37. The largest absolute Gasteiger partial charge is 0.244 e. The van der Waals surface area contributed by atoms with Crippen LogP contribution in [0, 0.1) is 23.0 Å². The standard InChI is InChI=1S/C13H7ClF2N2/c14-13-8(4-5-17)6-9(7-18-13)10-2-1-3-11(15)12(10)16/h1-3,6-7H,4H2. The zero-order valence-electron chi connectivity index (χ0n) is 9.12. The molecule has 0 saturated heterocycles. The smallest absolute Gasteiger partial charge is 0.166 e.